The Hall–Kier alpha value is -0.580. The zero-order chi connectivity index (χ0) is 13.5. The van der Waals surface area contributed by atoms with Gasteiger partial charge in [0.25, 0.3) is 0 Å². The van der Waals surface area contributed by atoms with Gasteiger partial charge in [-0.25, -0.2) is 0 Å². The van der Waals surface area contributed by atoms with Crippen LogP contribution in [0, 0.1) is 0 Å². The van der Waals surface area contributed by atoms with Crippen LogP contribution >= 0.6 is 15.9 Å². The van der Waals surface area contributed by atoms with Gasteiger partial charge >= 0.3 is 0 Å². The average molecular weight is 316 g/mol. The summed E-state index contributed by atoms with van der Waals surface area (Å²) in [5, 5.41) is 3.43. The summed E-state index contributed by atoms with van der Waals surface area (Å²) >= 11 is 3.50. The monoisotopic (exact) mass is 315 g/mol. The van der Waals surface area contributed by atoms with Gasteiger partial charge in [0, 0.05) is 12.6 Å². The molecule has 1 aromatic rings. The smallest absolute Gasteiger partial charge is 0.133 e. The number of hydrogen-bond donors (Lipinski definition) is 1. The molecule has 1 unspecified atom stereocenters. The summed E-state index contributed by atoms with van der Waals surface area (Å²) in [5.74, 6) is 0.856. The number of methoxy groups -OCH3 is 1. The Kier molecular flexibility index (Phi) is 6.68. The molecule has 0 saturated carbocycles. The van der Waals surface area contributed by atoms with Gasteiger partial charge in [0.15, 0.2) is 0 Å². The minimum atomic E-state index is 0.289. The highest BCUT2D eigenvalue weighted by atomic mass is 79.9. The first-order valence-electron chi connectivity index (χ1n) is 6.23. The lowest BCUT2D eigenvalue weighted by Crippen LogP contribution is -2.24. The van der Waals surface area contributed by atoms with Crippen LogP contribution in [-0.2, 0) is 4.74 Å². The van der Waals surface area contributed by atoms with Crippen LogP contribution in [0.15, 0.2) is 22.7 Å². The van der Waals surface area contributed by atoms with E-state index in [1.54, 1.807) is 7.11 Å². The van der Waals surface area contributed by atoms with Crippen molar-refractivity contribution in [1.82, 2.24) is 5.32 Å². The number of ether oxygens (including phenoxy) is 2. The Morgan fingerprint density at radius 2 is 2.00 bits per heavy atom. The summed E-state index contributed by atoms with van der Waals surface area (Å²) in [6.45, 7) is 7.82. The van der Waals surface area contributed by atoms with Crippen molar-refractivity contribution < 1.29 is 9.47 Å². The highest BCUT2D eigenvalue weighted by Gasteiger charge is 2.07. The molecule has 0 aliphatic rings. The number of benzene rings is 1. The van der Waals surface area contributed by atoms with Crippen molar-refractivity contribution in [2.24, 2.45) is 0 Å². The molecule has 0 amide bonds. The third kappa shape index (κ3) is 4.96. The molecule has 3 nitrogen and oxygen atoms in total. The highest BCUT2D eigenvalue weighted by molar-refractivity contribution is 9.10. The summed E-state index contributed by atoms with van der Waals surface area (Å²) in [5.41, 5.74) is 1.23. The van der Waals surface area contributed by atoms with Crippen LogP contribution in [0.5, 0.6) is 5.75 Å². The van der Waals surface area contributed by atoms with Crippen molar-refractivity contribution >= 4 is 15.9 Å². The van der Waals surface area contributed by atoms with E-state index >= 15 is 0 Å². The second-order valence-corrected chi connectivity index (χ2v) is 5.34. The van der Waals surface area contributed by atoms with E-state index in [1.807, 2.05) is 19.9 Å². The first-order chi connectivity index (χ1) is 8.54. The fourth-order valence-electron chi connectivity index (χ4n) is 1.64. The Balaban J connectivity index is 2.46. The standard InChI is InChI=1S/C14H22BrNO2/c1-10(2)18-8-7-16-11(3)12-5-6-14(17-4)13(15)9-12/h5-6,9-11,16H,7-8H2,1-4H3. The normalized spacial score (nSPS) is 12.8. The molecule has 0 heterocycles. The molecule has 1 atom stereocenters. The van der Waals surface area contributed by atoms with E-state index in [0.29, 0.717) is 6.04 Å². The number of nitrogens with one attached hydrogen (secondary N) is 1. The molecule has 0 aromatic heterocycles. The molecule has 0 radical (unpaired) electrons. The van der Waals surface area contributed by atoms with Crippen LogP contribution < -0.4 is 10.1 Å². The average Bonchev–Trinajstić information content (AvgIpc) is 2.34. The summed E-state index contributed by atoms with van der Waals surface area (Å²) in [7, 11) is 1.67. The van der Waals surface area contributed by atoms with E-state index in [2.05, 4.69) is 40.3 Å². The maximum absolute atomic E-state index is 5.50. The van der Waals surface area contributed by atoms with Gasteiger partial charge in [-0.3, -0.25) is 0 Å². The van der Waals surface area contributed by atoms with Gasteiger partial charge in [-0.15, -0.1) is 0 Å². The first-order valence-corrected chi connectivity index (χ1v) is 7.02. The van der Waals surface area contributed by atoms with E-state index in [0.717, 1.165) is 23.4 Å². The lowest BCUT2D eigenvalue weighted by molar-refractivity contribution is 0.0796. The number of halogens is 1. The Morgan fingerprint density at radius 1 is 1.28 bits per heavy atom. The number of rotatable bonds is 7. The van der Waals surface area contributed by atoms with Gasteiger partial charge in [0.05, 0.1) is 24.3 Å². The van der Waals surface area contributed by atoms with Gasteiger partial charge in [-0.05, 0) is 54.4 Å². The molecule has 0 bridgehead atoms. The Morgan fingerprint density at radius 3 is 2.56 bits per heavy atom. The fraction of sp³-hybridized carbons (Fsp3) is 0.571. The lowest BCUT2D eigenvalue weighted by atomic mass is 10.1. The topological polar surface area (TPSA) is 30.5 Å². The third-order valence-electron chi connectivity index (χ3n) is 2.68. The molecule has 0 aliphatic carbocycles. The predicted molar refractivity (Wildman–Crippen MR) is 78.2 cm³/mol. The van der Waals surface area contributed by atoms with E-state index in [4.69, 9.17) is 9.47 Å². The van der Waals surface area contributed by atoms with E-state index in [9.17, 15) is 0 Å². The Bertz CT molecular complexity index is 369. The zero-order valence-corrected chi connectivity index (χ0v) is 13.1. The van der Waals surface area contributed by atoms with Crippen LogP contribution in [0.25, 0.3) is 0 Å². The van der Waals surface area contributed by atoms with Crippen LogP contribution in [0.4, 0.5) is 0 Å². The molecule has 4 heteroatoms. The van der Waals surface area contributed by atoms with Crippen molar-refractivity contribution in [3.63, 3.8) is 0 Å². The minimum Gasteiger partial charge on any atom is -0.496 e. The highest BCUT2D eigenvalue weighted by Crippen LogP contribution is 2.27. The van der Waals surface area contributed by atoms with Crippen molar-refractivity contribution in [3.8, 4) is 5.75 Å². The summed E-state index contributed by atoms with van der Waals surface area (Å²) in [6.07, 6.45) is 0.289. The minimum absolute atomic E-state index is 0.289. The molecule has 0 aliphatic heterocycles. The molecular weight excluding hydrogens is 294 g/mol. The van der Waals surface area contributed by atoms with Crippen molar-refractivity contribution in [1.29, 1.82) is 0 Å². The fourth-order valence-corrected chi connectivity index (χ4v) is 2.20. The molecule has 102 valence electrons. The van der Waals surface area contributed by atoms with Crippen molar-refractivity contribution in [2.45, 2.75) is 32.9 Å². The van der Waals surface area contributed by atoms with Crippen LogP contribution in [0.1, 0.15) is 32.4 Å². The Labute approximate surface area is 118 Å². The molecule has 1 rings (SSSR count). The third-order valence-corrected chi connectivity index (χ3v) is 3.30. The van der Waals surface area contributed by atoms with Gasteiger partial charge in [0.2, 0.25) is 0 Å². The van der Waals surface area contributed by atoms with E-state index in [1.165, 1.54) is 5.56 Å². The maximum atomic E-state index is 5.50. The molecule has 18 heavy (non-hydrogen) atoms. The van der Waals surface area contributed by atoms with E-state index < -0.39 is 0 Å². The molecule has 0 fully saturated rings. The van der Waals surface area contributed by atoms with E-state index in [-0.39, 0.29) is 6.10 Å². The molecule has 0 spiro atoms. The van der Waals surface area contributed by atoms with Gasteiger partial charge in [-0.1, -0.05) is 6.07 Å². The SMILES string of the molecule is COc1ccc(C(C)NCCOC(C)C)cc1Br. The second-order valence-electron chi connectivity index (χ2n) is 4.49. The summed E-state index contributed by atoms with van der Waals surface area (Å²) in [6, 6.07) is 6.43. The first kappa shape index (κ1) is 15.5. The molecule has 0 saturated heterocycles. The largest absolute Gasteiger partial charge is 0.496 e. The lowest BCUT2D eigenvalue weighted by Gasteiger charge is -2.16. The van der Waals surface area contributed by atoms with Gasteiger partial charge in [-0.2, -0.15) is 0 Å². The quantitative estimate of drug-likeness (QED) is 0.781. The van der Waals surface area contributed by atoms with Crippen LogP contribution in [0.3, 0.4) is 0 Å². The molecule has 1 aromatic carbocycles. The van der Waals surface area contributed by atoms with Gasteiger partial charge in [0.1, 0.15) is 5.75 Å². The van der Waals surface area contributed by atoms with Crippen molar-refractivity contribution in [3.05, 3.63) is 28.2 Å². The number of hydrogen-bond acceptors (Lipinski definition) is 3. The van der Waals surface area contributed by atoms with Crippen molar-refractivity contribution in [2.75, 3.05) is 20.3 Å². The van der Waals surface area contributed by atoms with Crippen LogP contribution in [0.2, 0.25) is 0 Å². The second kappa shape index (κ2) is 7.77. The maximum Gasteiger partial charge on any atom is 0.133 e. The summed E-state index contributed by atoms with van der Waals surface area (Å²) < 4.78 is 11.7. The van der Waals surface area contributed by atoms with Crippen LogP contribution in [-0.4, -0.2) is 26.4 Å². The van der Waals surface area contributed by atoms with Gasteiger partial charge < -0.3 is 14.8 Å². The zero-order valence-electron chi connectivity index (χ0n) is 11.5. The summed E-state index contributed by atoms with van der Waals surface area (Å²) in [4.78, 5) is 0. The predicted octanol–water partition coefficient (Wildman–Crippen LogP) is 3.53. The molecule has 1 N–H and O–H groups in total. The molecular formula is C14H22BrNO2.